The maximum atomic E-state index is 13.1. The van der Waals surface area contributed by atoms with Gasteiger partial charge in [0.1, 0.15) is 5.60 Å². The van der Waals surface area contributed by atoms with E-state index in [0.29, 0.717) is 30.6 Å². The Bertz CT molecular complexity index is 616. The van der Waals surface area contributed by atoms with Crippen LogP contribution in [0.4, 0.5) is 13.2 Å². The predicted molar refractivity (Wildman–Crippen MR) is 77.5 cm³/mol. The van der Waals surface area contributed by atoms with Crippen LogP contribution in [0, 0.1) is 29.6 Å². The second kappa shape index (κ2) is 5.59. The molecule has 1 N–H and O–H groups in total. The second-order valence-corrected chi connectivity index (χ2v) is 9.22. The third-order valence-corrected chi connectivity index (χ3v) is 6.86. The van der Waals surface area contributed by atoms with E-state index in [1.54, 1.807) is 0 Å². The fourth-order valence-electron chi connectivity index (χ4n) is 5.17. The van der Waals surface area contributed by atoms with E-state index in [9.17, 15) is 26.4 Å². The maximum Gasteiger partial charge on any atom is 0.403 e. The van der Waals surface area contributed by atoms with Gasteiger partial charge in [0.2, 0.25) is 0 Å². The molecule has 0 aromatic heterocycles. The first-order valence-electron chi connectivity index (χ1n) is 8.14. The van der Waals surface area contributed by atoms with Gasteiger partial charge < -0.3 is 4.74 Å². The summed E-state index contributed by atoms with van der Waals surface area (Å²) in [7, 11) is -4.95. The van der Waals surface area contributed by atoms with Crippen molar-refractivity contribution in [2.75, 3.05) is 5.75 Å². The predicted octanol–water partition coefficient (Wildman–Crippen LogP) is 2.81. The van der Waals surface area contributed by atoms with Crippen LogP contribution in [0.2, 0.25) is 0 Å². The number of hydrogen-bond donors (Lipinski definition) is 1. The molecule has 4 aliphatic carbocycles. The summed E-state index contributed by atoms with van der Waals surface area (Å²) in [4.78, 5) is 12.2. The molecule has 4 aliphatic rings. The van der Waals surface area contributed by atoms with E-state index in [0.717, 1.165) is 19.3 Å². The lowest BCUT2D eigenvalue weighted by Crippen LogP contribution is -2.59. The molecule has 4 saturated carbocycles. The first-order valence-corrected chi connectivity index (χ1v) is 9.75. The Morgan fingerprint density at radius 1 is 1.25 bits per heavy atom. The van der Waals surface area contributed by atoms with E-state index >= 15 is 0 Å². The zero-order valence-corrected chi connectivity index (χ0v) is 14.1. The Morgan fingerprint density at radius 2 is 1.79 bits per heavy atom. The molecule has 24 heavy (non-hydrogen) atoms. The molecule has 0 aliphatic heterocycles. The van der Waals surface area contributed by atoms with E-state index < -0.39 is 39.5 Å². The van der Waals surface area contributed by atoms with E-state index in [4.69, 9.17) is 9.29 Å². The highest BCUT2D eigenvalue weighted by Gasteiger charge is 2.59. The first kappa shape index (κ1) is 18.0. The van der Waals surface area contributed by atoms with Crippen molar-refractivity contribution in [2.24, 2.45) is 29.6 Å². The fraction of sp³-hybridized carbons (Fsp3) is 0.933. The highest BCUT2D eigenvalue weighted by atomic mass is 32.2. The summed E-state index contributed by atoms with van der Waals surface area (Å²) in [6.07, 6.45) is -0.934. The van der Waals surface area contributed by atoms with E-state index in [-0.39, 0.29) is 5.92 Å². The molecule has 0 radical (unpaired) electrons. The van der Waals surface area contributed by atoms with Crippen molar-refractivity contribution >= 4 is 16.1 Å². The number of ether oxygens (including phenoxy) is 1. The Hall–Kier alpha value is -0.830. The van der Waals surface area contributed by atoms with Gasteiger partial charge in [-0.3, -0.25) is 9.35 Å². The summed E-state index contributed by atoms with van der Waals surface area (Å²) < 4.78 is 75.1. The second-order valence-electron chi connectivity index (χ2n) is 7.72. The molecule has 4 bridgehead atoms. The highest BCUT2D eigenvalue weighted by molar-refractivity contribution is 7.85. The molecular formula is C15H21F3O5S. The molecule has 4 rings (SSSR count). The zero-order chi connectivity index (χ0) is 17.9. The minimum atomic E-state index is -5.08. The SMILES string of the molecule is CC1C2CC3CC(C2)CC1(OC(=O)C(CS(=O)(=O)O)C(F)(F)F)C3. The van der Waals surface area contributed by atoms with Crippen molar-refractivity contribution in [1.82, 2.24) is 0 Å². The third kappa shape index (κ3) is 3.29. The van der Waals surface area contributed by atoms with Crippen LogP contribution < -0.4 is 0 Å². The molecule has 4 unspecified atom stereocenters. The molecule has 5 nitrogen and oxygen atoms in total. The molecule has 138 valence electrons. The van der Waals surface area contributed by atoms with Gasteiger partial charge in [-0.2, -0.15) is 21.6 Å². The monoisotopic (exact) mass is 370 g/mol. The summed E-state index contributed by atoms with van der Waals surface area (Å²) in [5.41, 5.74) is -0.922. The average molecular weight is 370 g/mol. The van der Waals surface area contributed by atoms with Gasteiger partial charge in [0.05, 0.1) is 5.75 Å². The fourth-order valence-corrected chi connectivity index (χ4v) is 5.92. The minimum Gasteiger partial charge on any atom is -0.458 e. The third-order valence-electron chi connectivity index (χ3n) is 6.10. The minimum absolute atomic E-state index is 0.0335. The quantitative estimate of drug-likeness (QED) is 0.608. The largest absolute Gasteiger partial charge is 0.458 e. The Labute approximate surface area is 138 Å². The summed E-state index contributed by atoms with van der Waals surface area (Å²) in [6.45, 7) is 1.90. The topological polar surface area (TPSA) is 80.7 Å². The van der Waals surface area contributed by atoms with Gasteiger partial charge in [0.15, 0.2) is 5.92 Å². The van der Waals surface area contributed by atoms with Crippen LogP contribution in [-0.2, 0) is 19.6 Å². The maximum absolute atomic E-state index is 13.1. The Balaban J connectivity index is 1.82. The van der Waals surface area contributed by atoms with Gasteiger partial charge in [0.25, 0.3) is 10.1 Å². The summed E-state index contributed by atoms with van der Waals surface area (Å²) in [5.74, 6) is -5.11. The molecule has 0 aromatic carbocycles. The molecule has 0 spiro atoms. The van der Waals surface area contributed by atoms with E-state index in [2.05, 4.69) is 0 Å². The smallest absolute Gasteiger partial charge is 0.403 e. The van der Waals surface area contributed by atoms with E-state index in [1.165, 1.54) is 0 Å². The van der Waals surface area contributed by atoms with Gasteiger partial charge >= 0.3 is 12.1 Å². The van der Waals surface area contributed by atoms with Gasteiger partial charge in [-0.1, -0.05) is 6.92 Å². The highest BCUT2D eigenvalue weighted by Crippen LogP contribution is 2.60. The molecule has 4 atom stereocenters. The van der Waals surface area contributed by atoms with Crippen LogP contribution in [0.3, 0.4) is 0 Å². The van der Waals surface area contributed by atoms with Crippen molar-refractivity contribution in [3.63, 3.8) is 0 Å². The van der Waals surface area contributed by atoms with Gasteiger partial charge in [-0.25, -0.2) is 0 Å². The van der Waals surface area contributed by atoms with Gasteiger partial charge in [-0.05, 0) is 55.8 Å². The Morgan fingerprint density at radius 3 is 2.25 bits per heavy atom. The molecule has 9 heteroatoms. The molecule has 0 heterocycles. The van der Waals surface area contributed by atoms with Crippen LogP contribution in [0.25, 0.3) is 0 Å². The number of carbonyl (C=O) groups excluding carboxylic acids is 1. The normalized spacial score (nSPS) is 39.7. The number of alkyl halides is 3. The van der Waals surface area contributed by atoms with Crippen molar-refractivity contribution < 1.29 is 35.7 Å². The lowest BCUT2D eigenvalue weighted by atomic mass is 9.50. The molecular weight excluding hydrogens is 349 g/mol. The Kier molecular flexibility index (Phi) is 4.18. The number of hydrogen-bond acceptors (Lipinski definition) is 4. The van der Waals surface area contributed by atoms with Crippen LogP contribution in [0.1, 0.15) is 39.0 Å². The summed E-state index contributed by atoms with van der Waals surface area (Å²) in [6, 6.07) is 0. The summed E-state index contributed by atoms with van der Waals surface area (Å²) in [5, 5.41) is 0. The zero-order valence-electron chi connectivity index (χ0n) is 13.3. The lowest BCUT2D eigenvalue weighted by molar-refractivity contribution is -0.228. The first-order chi connectivity index (χ1) is 10.9. The van der Waals surface area contributed by atoms with Crippen molar-refractivity contribution in [3.8, 4) is 0 Å². The van der Waals surface area contributed by atoms with Crippen LogP contribution >= 0.6 is 0 Å². The molecule has 0 amide bonds. The average Bonchev–Trinajstić information content (AvgIpc) is 2.39. The molecule has 4 fully saturated rings. The van der Waals surface area contributed by atoms with Crippen LogP contribution in [-0.4, -0.2) is 36.5 Å². The standard InChI is InChI=1S/C15H21F3O5S/c1-8-11-3-9-2-10(4-11)6-14(8,5-9)23-13(19)12(15(16,17)18)7-24(20,21)22/h8-12H,2-7H2,1H3,(H,20,21,22). The summed E-state index contributed by atoms with van der Waals surface area (Å²) >= 11 is 0. The van der Waals surface area contributed by atoms with Crippen molar-refractivity contribution in [3.05, 3.63) is 0 Å². The van der Waals surface area contributed by atoms with Crippen molar-refractivity contribution in [1.29, 1.82) is 0 Å². The molecule has 0 aromatic rings. The van der Waals surface area contributed by atoms with Gasteiger partial charge in [0, 0.05) is 0 Å². The molecule has 0 saturated heterocycles. The number of carbonyl (C=O) groups is 1. The number of halogens is 3. The van der Waals surface area contributed by atoms with Crippen molar-refractivity contribution in [2.45, 2.75) is 50.8 Å². The number of rotatable bonds is 4. The number of esters is 1. The van der Waals surface area contributed by atoms with Crippen LogP contribution in [0.5, 0.6) is 0 Å². The van der Waals surface area contributed by atoms with Gasteiger partial charge in [-0.15, -0.1) is 0 Å². The lowest BCUT2D eigenvalue weighted by Gasteiger charge is -2.59. The van der Waals surface area contributed by atoms with Crippen LogP contribution in [0.15, 0.2) is 0 Å². The van der Waals surface area contributed by atoms with E-state index in [1.807, 2.05) is 6.92 Å².